The molecule has 3 nitrogen and oxygen atoms in total. The first-order valence-corrected chi connectivity index (χ1v) is 3.50. The van der Waals surface area contributed by atoms with Gasteiger partial charge in [-0.2, -0.15) is 0 Å². The van der Waals surface area contributed by atoms with Gasteiger partial charge in [0.25, 0.3) is 0 Å². The maximum Gasteiger partial charge on any atom is 0.220 e. The van der Waals surface area contributed by atoms with E-state index in [1.165, 1.54) is 13.2 Å². The minimum absolute atomic E-state index is 0.152. The molecule has 0 fully saturated rings. The summed E-state index contributed by atoms with van der Waals surface area (Å²) in [6.45, 7) is 0. The molecule has 1 rings (SSSR count). The monoisotopic (exact) mass is 166 g/mol. The second-order valence-electron chi connectivity index (χ2n) is 2.21. The quantitative estimate of drug-likeness (QED) is 0.659. The van der Waals surface area contributed by atoms with Crippen molar-refractivity contribution in [2.75, 3.05) is 14.2 Å². The summed E-state index contributed by atoms with van der Waals surface area (Å²) >= 11 is 0. The Morgan fingerprint density at radius 1 is 1.17 bits per heavy atom. The third kappa shape index (κ3) is 1.75. The molecule has 0 aliphatic rings. The van der Waals surface area contributed by atoms with E-state index in [4.69, 9.17) is 9.47 Å². The van der Waals surface area contributed by atoms with Gasteiger partial charge in [0.05, 0.1) is 14.2 Å². The lowest BCUT2D eigenvalue weighted by molar-refractivity contribution is 0.395. The van der Waals surface area contributed by atoms with Crippen LogP contribution in [0.3, 0.4) is 0 Å². The predicted octanol–water partition coefficient (Wildman–Crippen LogP) is 1.06. The fraction of sp³-hybridized carbons (Fsp3) is 0.222. The van der Waals surface area contributed by atoms with Gasteiger partial charge in [-0.15, -0.1) is 0 Å². The number of rotatable bonds is 2. The third-order valence-corrected chi connectivity index (χ3v) is 1.48. The van der Waals surface area contributed by atoms with Crippen molar-refractivity contribution in [3.63, 3.8) is 0 Å². The van der Waals surface area contributed by atoms with Gasteiger partial charge >= 0.3 is 0 Å². The van der Waals surface area contributed by atoms with Crippen LogP contribution in [0, 0.1) is 0 Å². The van der Waals surface area contributed by atoms with Crippen molar-refractivity contribution >= 4 is 0 Å². The summed E-state index contributed by atoms with van der Waals surface area (Å²) in [5, 5.41) is 0. The average Bonchev–Trinajstić information content (AvgIpc) is 2.27. The van der Waals surface area contributed by atoms with E-state index in [-0.39, 0.29) is 11.2 Å². The number of hydrogen-bond acceptors (Lipinski definition) is 3. The van der Waals surface area contributed by atoms with Crippen LogP contribution in [0.25, 0.3) is 0 Å². The molecular formula is C9H10O3. The van der Waals surface area contributed by atoms with Crippen molar-refractivity contribution in [1.82, 2.24) is 0 Å². The molecule has 12 heavy (non-hydrogen) atoms. The topological polar surface area (TPSA) is 35.5 Å². The van der Waals surface area contributed by atoms with Crippen LogP contribution in [-0.4, -0.2) is 14.2 Å². The van der Waals surface area contributed by atoms with Gasteiger partial charge in [-0.05, 0) is 12.1 Å². The van der Waals surface area contributed by atoms with Crippen LogP contribution in [-0.2, 0) is 0 Å². The lowest BCUT2D eigenvalue weighted by atomic mass is 10.4. The van der Waals surface area contributed by atoms with Crippen molar-refractivity contribution in [3.05, 3.63) is 34.5 Å². The molecule has 0 saturated heterocycles. The molecular weight excluding hydrogens is 156 g/mol. The fourth-order valence-corrected chi connectivity index (χ4v) is 0.847. The van der Waals surface area contributed by atoms with Crippen molar-refractivity contribution < 1.29 is 9.47 Å². The summed E-state index contributed by atoms with van der Waals surface area (Å²) in [6.07, 6.45) is 0. The van der Waals surface area contributed by atoms with Crippen molar-refractivity contribution in [1.29, 1.82) is 0 Å². The number of hydrogen-bond donors (Lipinski definition) is 0. The Kier molecular flexibility index (Phi) is 2.69. The maximum absolute atomic E-state index is 11.1. The highest BCUT2D eigenvalue weighted by atomic mass is 16.5. The molecule has 0 heterocycles. The van der Waals surface area contributed by atoms with Gasteiger partial charge in [0, 0.05) is 6.07 Å². The van der Waals surface area contributed by atoms with Gasteiger partial charge in [-0.25, -0.2) is 0 Å². The third-order valence-electron chi connectivity index (χ3n) is 1.48. The molecule has 1 aromatic rings. The summed E-state index contributed by atoms with van der Waals surface area (Å²) in [7, 11) is 3.00. The van der Waals surface area contributed by atoms with E-state index in [2.05, 4.69) is 0 Å². The smallest absolute Gasteiger partial charge is 0.220 e. The van der Waals surface area contributed by atoms with Crippen LogP contribution in [0.4, 0.5) is 0 Å². The molecule has 0 aliphatic carbocycles. The molecule has 0 aromatic heterocycles. The SMILES string of the molecule is COc1cccc(=O)c(OC)c1. The maximum atomic E-state index is 11.1. The first-order valence-electron chi connectivity index (χ1n) is 3.50. The molecule has 0 atom stereocenters. The fourth-order valence-electron chi connectivity index (χ4n) is 0.847. The Morgan fingerprint density at radius 2 is 1.92 bits per heavy atom. The van der Waals surface area contributed by atoms with Crippen LogP contribution >= 0.6 is 0 Å². The lowest BCUT2D eigenvalue weighted by Gasteiger charge is -1.96. The minimum Gasteiger partial charge on any atom is -0.497 e. The summed E-state index contributed by atoms with van der Waals surface area (Å²) in [6, 6.07) is 6.32. The summed E-state index contributed by atoms with van der Waals surface area (Å²) < 4.78 is 9.81. The molecule has 0 spiro atoms. The Balaban J connectivity index is 3.29. The van der Waals surface area contributed by atoms with E-state index in [9.17, 15) is 4.79 Å². The molecule has 0 N–H and O–H groups in total. The summed E-state index contributed by atoms with van der Waals surface area (Å²) in [4.78, 5) is 11.1. The normalized spacial score (nSPS) is 9.17. The summed E-state index contributed by atoms with van der Waals surface area (Å²) in [5.74, 6) is 0.894. The highest BCUT2D eigenvalue weighted by molar-refractivity contribution is 5.30. The van der Waals surface area contributed by atoms with E-state index in [1.807, 2.05) is 0 Å². The van der Waals surface area contributed by atoms with Crippen molar-refractivity contribution in [2.45, 2.75) is 0 Å². The standard InChI is InChI=1S/C9H10O3/c1-11-7-4-3-5-8(10)9(6-7)12-2/h3-6H,1-2H3. The van der Waals surface area contributed by atoms with E-state index in [0.29, 0.717) is 5.75 Å². The average molecular weight is 166 g/mol. The Labute approximate surface area is 70.6 Å². The van der Waals surface area contributed by atoms with Gasteiger partial charge in [-0.3, -0.25) is 4.79 Å². The van der Waals surface area contributed by atoms with E-state index >= 15 is 0 Å². The molecule has 64 valence electrons. The zero-order valence-electron chi connectivity index (χ0n) is 7.03. The second kappa shape index (κ2) is 3.76. The molecule has 0 bridgehead atoms. The van der Waals surface area contributed by atoms with Crippen LogP contribution in [0.1, 0.15) is 0 Å². The molecule has 1 aromatic carbocycles. The Hall–Kier alpha value is -1.51. The van der Waals surface area contributed by atoms with Gasteiger partial charge in [0.1, 0.15) is 5.75 Å². The highest BCUT2D eigenvalue weighted by Crippen LogP contribution is 2.12. The molecule has 0 saturated carbocycles. The molecule has 0 unspecified atom stereocenters. The molecule has 0 amide bonds. The van der Waals surface area contributed by atoms with Gasteiger partial charge in [-0.1, -0.05) is 6.07 Å². The van der Waals surface area contributed by atoms with Crippen LogP contribution in [0.5, 0.6) is 11.5 Å². The van der Waals surface area contributed by atoms with Crippen molar-refractivity contribution in [3.8, 4) is 11.5 Å². The van der Waals surface area contributed by atoms with Crippen LogP contribution in [0.2, 0.25) is 0 Å². The number of methoxy groups -OCH3 is 2. The molecule has 3 heteroatoms. The highest BCUT2D eigenvalue weighted by Gasteiger charge is 1.96. The first-order chi connectivity index (χ1) is 5.77. The lowest BCUT2D eigenvalue weighted by Crippen LogP contribution is -1.99. The summed E-state index contributed by atoms with van der Waals surface area (Å²) in [5.41, 5.74) is -0.152. The van der Waals surface area contributed by atoms with Crippen molar-refractivity contribution in [2.24, 2.45) is 0 Å². The van der Waals surface area contributed by atoms with E-state index in [1.54, 1.807) is 25.3 Å². The Bertz CT molecular complexity index is 320. The zero-order valence-corrected chi connectivity index (χ0v) is 7.03. The number of ether oxygens (including phenoxy) is 2. The second-order valence-corrected chi connectivity index (χ2v) is 2.21. The van der Waals surface area contributed by atoms with E-state index in [0.717, 1.165) is 0 Å². The largest absolute Gasteiger partial charge is 0.497 e. The molecule has 0 aliphatic heterocycles. The van der Waals surface area contributed by atoms with Gasteiger partial charge < -0.3 is 9.47 Å². The van der Waals surface area contributed by atoms with E-state index < -0.39 is 0 Å². The molecule has 0 radical (unpaired) electrons. The zero-order chi connectivity index (χ0) is 8.97. The van der Waals surface area contributed by atoms with Gasteiger partial charge in [0.2, 0.25) is 5.43 Å². The van der Waals surface area contributed by atoms with Crippen LogP contribution in [0.15, 0.2) is 29.1 Å². The van der Waals surface area contributed by atoms with Gasteiger partial charge in [0.15, 0.2) is 5.75 Å². The minimum atomic E-state index is -0.152. The Morgan fingerprint density at radius 3 is 2.50 bits per heavy atom. The first kappa shape index (κ1) is 8.59. The predicted molar refractivity (Wildman–Crippen MR) is 45.8 cm³/mol. The van der Waals surface area contributed by atoms with Crippen LogP contribution < -0.4 is 14.9 Å².